The fourth-order valence-electron chi connectivity index (χ4n) is 4.54. The van der Waals surface area contributed by atoms with Gasteiger partial charge in [-0.05, 0) is 49.8 Å². The summed E-state index contributed by atoms with van der Waals surface area (Å²) in [5, 5.41) is 13.4. The summed E-state index contributed by atoms with van der Waals surface area (Å²) in [6, 6.07) is 9.13. The average molecular weight is 473 g/mol. The van der Waals surface area contributed by atoms with Gasteiger partial charge in [-0.25, -0.2) is 9.37 Å². The molecule has 0 spiro atoms. The molecule has 2 N–H and O–H groups in total. The number of fused-ring (bicyclic) bond motifs is 2. The van der Waals surface area contributed by atoms with Crippen molar-refractivity contribution in [1.82, 2.24) is 19.3 Å². The van der Waals surface area contributed by atoms with Gasteiger partial charge in [0.2, 0.25) is 11.6 Å². The number of benzene rings is 2. The zero-order chi connectivity index (χ0) is 24.7. The Morgan fingerprint density at radius 2 is 2.11 bits per heavy atom. The maximum absolute atomic E-state index is 14.6. The first-order valence-corrected chi connectivity index (χ1v) is 11.2. The highest BCUT2D eigenvalue weighted by Gasteiger charge is 2.27. The summed E-state index contributed by atoms with van der Waals surface area (Å²) in [5.41, 5.74) is 5.42. The molecule has 0 fully saturated rings. The average Bonchev–Trinajstić information content (AvgIpc) is 3.43. The van der Waals surface area contributed by atoms with Crippen LogP contribution in [0.15, 0.2) is 42.7 Å². The van der Waals surface area contributed by atoms with Crippen molar-refractivity contribution in [2.45, 2.75) is 26.1 Å². The molecule has 1 unspecified atom stereocenters. The third-order valence-corrected chi connectivity index (χ3v) is 6.09. The van der Waals surface area contributed by atoms with Gasteiger partial charge in [0, 0.05) is 36.6 Å². The number of anilines is 1. The van der Waals surface area contributed by atoms with Crippen LogP contribution in [0.1, 0.15) is 28.4 Å². The van der Waals surface area contributed by atoms with Crippen molar-refractivity contribution < 1.29 is 14.2 Å². The molecule has 4 aromatic rings. The van der Waals surface area contributed by atoms with Gasteiger partial charge in [0.05, 0.1) is 5.56 Å². The van der Waals surface area contributed by atoms with E-state index in [0.717, 1.165) is 23.2 Å². The van der Waals surface area contributed by atoms with E-state index in [1.165, 1.54) is 17.7 Å². The number of aliphatic hydroxyl groups is 1. The lowest BCUT2D eigenvalue weighted by Gasteiger charge is -2.15. The number of aliphatic hydroxyl groups excluding tert-OH is 1. The van der Waals surface area contributed by atoms with E-state index >= 15 is 0 Å². The molecule has 35 heavy (non-hydrogen) atoms. The second-order valence-corrected chi connectivity index (χ2v) is 8.91. The summed E-state index contributed by atoms with van der Waals surface area (Å²) < 4.78 is 21.8. The lowest BCUT2D eigenvalue weighted by atomic mass is 10.00. The molecule has 0 bridgehead atoms. The number of imidazole rings is 1. The van der Waals surface area contributed by atoms with Crippen LogP contribution in [0, 0.1) is 19.3 Å². The molecule has 2 aromatic carbocycles. The molecule has 2 aromatic heterocycles. The van der Waals surface area contributed by atoms with Crippen LogP contribution in [0.25, 0.3) is 21.6 Å². The fourth-order valence-corrected chi connectivity index (χ4v) is 4.54. The molecular weight excluding hydrogens is 447 g/mol. The first-order chi connectivity index (χ1) is 16.9. The molecule has 0 saturated carbocycles. The van der Waals surface area contributed by atoms with Gasteiger partial charge in [-0.2, -0.15) is 0 Å². The van der Waals surface area contributed by atoms with Crippen molar-refractivity contribution in [1.29, 1.82) is 0 Å². The Hall–Kier alpha value is -4.00. The Bertz CT molecular complexity index is 1470. The molecule has 1 aliphatic heterocycles. The number of aryl methyl sites for hydroxylation is 1. The molecule has 3 heterocycles. The first-order valence-electron chi connectivity index (χ1n) is 11.2. The maximum Gasteiger partial charge on any atom is 0.288 e. The summed E-state index contributed by atoms with van der Waals surface area (Å²) in [5.74, 6) is 0.697. The predicted molar refractivity (Wildman–Crippen MR) is 131 cm³/mol. The van der Waals surface area contributed by atoms with Gasteiger partial charge in [0.25, 0.3) is 5.82 Å². The van der Waals surface area contributed by atoms with Crippen LogP contribution in [-0.2, 0) is 13.1 Å². The van der Waals surface area contributed by atoms with Gasteiger partial charge in [0.1, 0.15) is 24.3 Å². The molecule has 9 heteroatoms. The molecule has 1 atom stereocenters. The third-order valence-electron chi connectivity index (χ3n) is 6.09. The molecule has 0 saturated heterocycles. The molecular formula is C26H25FN6O2. The van der Waals surface area contributed by atoms with Crippen molar-refractivity contribution in [2.24, 2.45) is 0 Å². The molecule has 8 nitrogen and oxygen atoms in total. The van der Waals surface area contributed by atoms with Crippen LogP contribution < -0.4 is 10.1 Å². The largest absolute Gasteiger partial charge is 0.490 e. The number of nitrogens with one attached hydrogen (secondary N) is 1. The van der Waals surface area contributed by atoms with E-state index in [2.05, 4.69) is 43.2 Å². The zero-order valence-corrected chi connectivity index (χ0v) is 19.7. The highest BCUT2D eigenvalue weighted by atomic mass is 19.1. The topological polar surface area (TPSA) is 79.3 Å². The number of aromatic nitrogens is 3. The van der Waals surface area contributed by atoms with Crippen LogP contribution in [0.2, 0.25) is 0 Å². The Morgan fingerprint density at radius 1 is 1.29 bits per heavy atom. The number of rotatable bonds is 6. The molecule has 5 rings (SSSR count). The second kappa shape index (κ2) is 8.98. The SMILES string of the molecule is [C-]#[N+]c1cn2c(NCc3c(F)ccc4c3C(O)CO4)ncc(-c3ccc(CN(C)C)cc3C)c2n1. The van der Waals surface area contributed by atoms with Gasteiger partial charge >= 0.3 is 0 Å². The van der Waals surface area contributed by atoms with E-state index < -0.39 is 11.9 Å². The number of hydrogen-bond acceptors (Lipinski definition) is 6. The van der Waals surface area contributed by atoms with Crippen molar-refractivity contribution in [3.63, 3.8) is 0 Å². The fraction of sp³-hybridized carbons (Fsp3) is 0.269. The minimum atomic E-state index is -0.881. The summed E-state index contributed by atoms with van der Waals surface area (Å²) in [6.45, 7) is 10.5. The van der Waals surface area contributed by atoms with Crippen molar-refractivity contribution in [3.05, 3.63) is 82.2 Å². The lowest BCUT2D eigenvalue weighted by molar-refractivity contribution is 0.140. The molecule has 0 aliphatic carbocycles. The highest BCUT2D eigenvalue weighted by Crippen LogP contribution is 2.37. The van der Waals surface area contributed by atoms with Crippen LogP contribution in [0.3, 0.4) is 0 Å². The van der Waals surface area contributed by atoms with Gasteiger partial charge in [0.15, 0.2) is 0 Å². The number of halogens is 1. The third kappa shape index (κ3) is 4.18. The monoisotopic (exact) mass is 472 g/mol. The van der Waals surface area contributed by atoms with E-state index in [4.69, 9.17) is 11.3 Å². The summed E-state index contributed by atoms with van der Waals surface area (Å²) >= 11 is 0. The van der Waals surface area contributed by atoms with Crippen molar-refractivity contribution in [2.75, 3.05) is 26.0 Å². The van der Waals surface area contributed by atoms with E-state index in [9.17, 15) is 9.50 Å². The van der Waals surface area contributed by atoms with Crippen LogP contribution in [0.4, 0.5) is 16.2 Å². The van der Waals surface area contributed by atoms with E-state index in [1.807, 2.05) is 21.0 Å². The molecule has 0 amide bonds. The van der Waals surface area contributed by atoms with E-state index in [-0.39, 0.29) is 19.0 Å². The second-order valence-electron chi connectivity index (χ2n) is 8.91. The standard InChI is InChI=1S/C26H25FN6O2/c1-15-9-16(12-32(3)4)5-6-17(15)18-10-29-26(33-13-23(28-2)31-25(18)33)30-11-19-20(27)7-8-22-24(19)21(34)14-35-22/h5-10,13,21,34H,11-12,14H2,1,3-4H3,(H,29,30). The Kier molecular flexibility index (Phi) is 5.84. The van der Waals surface area contributed by atoms with Crippen LogP contribution in [0.5, 0.6) is 5.75 Å². The zero-order valence-electron chi connectivity index (χ0n) is 19.7. The Balaban J connectivity index is 1.52. The van der Waals surface area contributed by atoms with Crippen molar-refractivity contribution >= 4 is 17.4 Å². The minimum Gasteiger partial charge on any atom is -0.490 e. The van der Waals surface area contributed by atoms with E-state index in [1.54, 1.807) is 16.8 Å². The highest BCUT2D eigenvalue weighted by molar-refractivity contribution is 5.81. The molecule has 178 valence electrons. The number of nitrogens with zero attached hydrogens (tertiary/aromatic N) is 5. The Morgan fingerprint density at radius 3 is 2.86 bits per heavy atom. The quantitative estimate of drug-likeness (QED) is 0.403. The summed E-state index contributed by atoms with van der Waals surface area (Å²) in [6.07, 6.45) is 2.45. The molecule has 0 radical (unpaired) electrons. The van der Waals surface area contributed by atoms with Gasteiger partial charge in [-0.1, -0.05) is 29.8 Å². The minimum absolute atomic E-state index is 0.0840. The Labute approximate surface area is 202 Å². The maximum atomic E-state index is 14.6. The summed E-state index contributed by atoms with van der Waals surface area (Å²) in [4.78, 5) is 14.7. The number of ether oxygens (including phenoxy) is 1. The number of hydrogen-bond donors (Lipinski definition) is 2. The van der Waals surface area contributed by atoms with E-state index in [0.29, 0.717) is 28.5 Å². The van der Waals surface area contributed by atoms with Gasteiger partial charge in [-0.15, -0.1) is 0 Å². The summed E-state index contributed by atoms with van der Waals surface area (Å²) in [7, 11) is 4.06. The smallest absolute Gasteiger partial charge is 0.288 e. The van der Waals surface area contributed by atoms with Gasteiger partial charge in [-0.3, -0.25) is 4.40 Å². The van der Waals surface area contributed by atoms with Crippen molar-refractivity contribution in [3.8, 4) is 16.9 Å². The normalized spacial score (nSPS) is 14.7. The van der Waals surface area contributed by atoms with Gasteiger partial charge < -0.3 is 24.9 Å². The molecule has 1 aliphatic rings. The van der Waals surface area contributed by atoms with Crippen LogP contribution in [-0.4, -0.2) is 45.1 Å². The first kappa shape index (κ1) is 22.8. The predicted octanol–water partition coefficient (Wildman–Crippen LogP) is 4.49. The van der Waals surface area contributed by atoms with Crippen LogP contribution >= 0.6 is 0 Å². The lowest BCUT2D eigenvalue weighted by Crippen LogP contribution is -2.11.